The van der Waals surface area contributed by atoms with Crippen LogP contribution in [-0.4, -0.2) is 59.3 Å². The fourth-order valence-electron chi connectivity index (χ4n) is 2.71. The fourth-order valence-corrected chi connectivity index (χ4v) is 2.83. The van der Waals surface area contributed by atoms with Crippen molar-refractivity contribution in [2.45, 2.75) is 25.5 Å². The molecule has 1 aliphatic heterocycles. The summed E-state index contributed by atoms with van der Waals surface area (Å²) in [6.07, 6.45) is 0.450. The molecule has 1 fully saturated rings. The van der Waals surface area contributed by atoms with Gasteiger partial charge in [0.2, 0.25) is 0 Å². The number of aliphatic hydroxyl groups is 1. The predicted octanol–water partition coefficient (Wildman–Crippen LogP) is 0.525. The number of hydrogen-bond acceptors (Lipinski definition) is 5. The van der Waals surface area contributed by atoms with Crippen LogP contribution in [0.25, 0.3) is 0 Å². The van der Waals surface area contributed by atoms with Gasteiger partial charge in [-0.3, -0.25) is 0 Å². The lowest BCUT2D eigenvalue weighted by atomic mass is 10.2. The number of aryl methyl sites for hydroxylation is 1. The summed E-state index contributed by atoms with van der Waals surface area (Å²) in [5.74, 6) is 0.844. The second-order valence-corrected chi connectivity index (χ2v) is 6.12. The summed E-state index contributed by atoms with van der Waals surface area (Å²) in [7, 11) is 4.07. The lowest BCUT2D eigenvalue weighted by Gasteiger charge is -2.28. The van der Waals surface area contributed by atoms with Crippen LogP contribution in [0.15, 0.2) is 12.1 Å². The Kier molecular flexibility index (Phi) is 4.57. The number of rotatable bonds is 4. The molecular formula is C14H22N4OS. The molecule has 1 aliphatic rings. The smallest absolute Gasteiger partial charge is 0.129 e. The average molecular weight is 294 g/mol. The lowest BCUT2D eigenvalue weighted by Crippen LogP contribution is -2.38. The van der Waals surface area contributed by atoms with Crippen molar-refractivity contribution in [1.29, 1.82) is 0 Å². The number of likely N-dealkylation sites (N-methyl/N-ethyl adjacent to an activating group) is 1. The molecule has 0 radical (unpaired) electrons. The number of hydrogen-bond donors (Lipinski definition) is 2. The highest BCUT2D eigenvalue weighted by Crippen LogP contribution is 2.26. The molecule has 2 rings (SSSR count). The van der Waals surface area contributed by atoms with E-state index >= 15 is 0 Å². The van der Waals surface area contributed by atoms with Crippen molar-refractivity contribution in [1.82, 2.24) is 9.88 Å². The Morgan fingerprint density at radius 2 is 2.25 bits per heavy atom. The van der Waals surface area contributed by atoms with Crippen LogP contribution in [0.3, 0.4) is 0 Å². The maximum atomic E-state index is 9.95. The van der Waals surface area contributed by atoms with Crippen LogP contribution in [0.1, 0.15) is 17.7 Å². The van der Waals surface area contributed by atoms with Gasteiger partial charge in [-0.25, -0.2) is 4.98 Å². The van der Waals surface area contributed by atoms with Gasteiger partial charge < -0.3 is 20.6 Å². The topological polar surface area (TPSA) is 65.6 Å². The zero-order valence-corrected chi connectivity index (χ0v) is 13.0. The van der Waals surface area contributed by atoms with Gasteiger partial charge in [0.25, 0.3) is 0 Å². The maximum Gasteiger partial charge on any atom is 0.129 e. The van der Waals surface area contributed by atoms with Crippen LogP contribution >= 0.6 is 12.2 Å². The number of anilines is 1. The molecule has 3 N–H and O–H groups in total. The molecule has 20 heavy (non-hydrogen) atoms. The summed E-state index contributed by atoms with van der Waals surface area (Å²) in [5.41, 5.74) is 7.43. The van der Waals surface area contributed by atoms with Crippen molar-refractivity contribution in [2.24, 2.45) is 5.73 Å². The van der Waals surface area contributed by atoms with E-state index in [0.717, 1.165) is 30.0 Å². The molecule has 0 saturated carbocycles. The monoisotopic (exact) mass is 294 g/mol. The molecule has 0 spiro atoms. The largest absolute Gasteiger partial charge is 0.391 e. The Morgan fingerprint density at radius 3 is 2.85 bits per heavy atom. The molecule has 2 atom stereocenters. The SMILES string of the molecule is Cc1cc(C(N)=S)cc(N2CC(O)CC2CN(C)C)n1. The second kappa shape index (κ2) is 6.03. The van der Waals surface area contributed by atoms with Crippen LogP contribution in [0.5, 0.6) is 0 Å². The molecule has 1 aromatic rings. The summed E-state index contributed by atoms with van der Waals surface area (Å²) in [6, 6.07) is 4.06. The normalized spacial score (nSPS) is 22.6. The van der Waals surface area contributed by atoms with E-state index in [1.807, 2.05) is 33.2 Å². The zero-order chi connectivity index (χ0) is 14.9. The number of nitrogens with zero attached hydrogens (tertiary/aromatic N) is 3. The minimum Gasteiger partial charge on any atom is -0.391 e. The number of β-amino-alcohol motifs (C(OH)–C–C–N with tert-alkyl or cyclic N) is 1. The van der Waals surface area contributed by atoms with Gasteiger partial charge in [-0.2, -0.15) is 0 Å². The van der Waals surface area contributed by atoms with E-state index in [1.54, 1.807) is 0 Å². The molecule has 6 heteroatoms. The minimum absolute atomic E-state index is 0.258. The van der Waals surface area contributed by atoms with Crippen LogP contribution in [0, 0.1) is 6.92 Å². The van der Waals surface area contributed by atoms with Gasteiger partial charge in [0.05, 0.1) is 6.10 Å². The molecule has 0 aromatic carbocycles. The van der Waals surface area contributed by atoms with Gasteiger partial charge >= 0.3 is 0 Å². The van der Waals surface area contributed by atoms with Gasteiger partial charge in [-0.15, -0.1) is 0 Å². The van der Waals surface area contributed by atoms with E-state index in [2.05, 4.69) is 14.8 Å². The van der Waals surface area contributed by atoms with E-state index in [1.165, 1.54) is 0 Å². The van der Waals surface area contributed by atoms with Crippen molar-refractivity contribution in [3.05, 3.63) is 23.4 Å². The van der Waals surface area contributed by atoms with Crippen molar-refractivity contribution in [3.8, 4) is 0 Å². The summed E-state index contributed by atoms with van der Waals surface area (Å²) >= 11 is 5.05. The average Bonchev–Trinajstić information content (AvgIpc) is 2.68. The van der Waals surface area contributed by atoms with Crippen LogP contribution in [0.4, 0.5) is 5.82 Å². The third kappa shape index (κ3) is 3.45. The molecule has 1 saturated heterocycles. The Morgan fingerprint density at radius 1 is 1.55 bits per heavy atom. The van der Waals surface area contributed by atoms with Gasteiger partial charge in [0.15, 0.2) is 0 Å². The summed E-state index contributed by atoms with van der Waals surface area (Å²) < 4.78 is 0. The number of aliphatic hydroxyl groups excluding tert-OH is 1. The molecule has 2 unspecified atom stereocenters. The molecular weight excluding hydrogens is 272 g/mol. The highest BCUT2D eigenvalue weighted by molar-refractivity contribution is 7.80. The number of thiocarbonyl (C=S) groups is 1. The quantitative estimate of drug-likeness (QED) is 0.790. The van der Waals surface area contributed by atoms with E-state index in [-0.39, 0.29) is 12.1 Å². The standard InChI is InChI=1S/C14H22N4OS/c1-9-4-10(14(15)20)5-13(16-9)18-8-12(19)6-11(18)7-17(2)3/h4-5,11-12,19H,6-8H2,1-3H3,(H2,15,20). The number of pyridine rings is 1. The van der Waals surface area contributed by atoms with Crippen LogP contribution in [-0.2, 0) is 0 Å². The van der Waals surface area contributed by atoms with E-state index in [4.69, 9.17) is 18.0 Å². The highest BCUT2D eigenvalue weighted by atomic mass is 32.1. The molecule has 0 aliphatic carbocycles. The first-order valence-electron chi connectivity index (χ1n) is 6.74. The third-order valence-corrected chi connectivity index (χ3v) is 3.72. The number of aromatic nitrogens is 1. The van der Waals surface area contributed by atoms with Crippen LogP contribution < -0.4 is 10.6 Å². The van der Waals surface area contributed by atoms with Crippen LogP contribution in [0.2, 0.25) is 0 Å². The van der Waals surface area contributed by atoms with Gasteiger partial charge in [-0.05, 0) is 39.6 Å². The van der Waals surface area contributed by atoms with E-state index in [9.17, 15) is 5.11 Å². The van der Waals surface area contributed by atoms with Gasteiger partial charge in [0.1, 0.15) is 10.8 Å². The third-order valence-electron chi connectivity index (χ3n) is 3.49. The Balaban J connectivity index is 2.31. The molecule has 0 bridgehead atoms. The second-order valence-electron chi connectivity index (χ2n) is 5.68. The van der Waals surface area contributed by atoms with Crippen molar-refractivity contribution >= 4 is 23.0 Å². The molecule has 110 valence electrons. The number of nitrogens with two attached hydrogens (primary N) is 1. The summed E-state index contributed by atoms with van der Waals surface area (Å²) in [4.78, 5) is 9.22. The lowest BCUT2D eigenvalue weighted by molar-refractivity contribution is 0.191. The summed E-state index contributed by atoms with van der Waals surface area (Å²) in [6.45, 7) is 3.42. The molecule has 5 nitrogen and oxygen atoms in total. The Hall–Kier alpha value is -1.24. The van der Waals surface area contributed by atoms with Crippen molar-refractivity contribution in [2.75, 3.05) is 32.1 Å². The zero-order valence-electron chi connectivity index (χ0n) is 12.2. The summed E-state index contributed by atoms with van der Waals surface area (Å²) in [5, 5.41) is 9.95. The Labute approximate surface area is 125 Å². The highest BCUT2D eigenvalue weighted by Gasteiger charge is 2.32. The molecule has 2 heterocycles. The van der Waals surface area contributed by atoms with Gasteiger partial charge in [-0.1, -0.05) is 12.2 Å². The van der Waals surface area contributed by atoms with Crippen molar-refractivity contribution < 1.29 is 5.11 Å². The minimum atomic E-state index is -0.310. The maximum absolute atomic E-state index is 9.95. The van der Waals surface area contributed by atoms with E-state index < -0.39 is 0 Å². The van der Waals surface area contributed by atoms with Gasteiger partial charge in [0, 0.05) is 30.4 Å². The Bertz CT molecular complexity index is 506. The predicted molar refractivity (Wildman–Crippen MR) is 85.2 cm³/mol. The first kappa shape index (κ1) is 15.2. The first-order chi connectivity index (χ1) is 9.36. The van der Waals surface area contributed by atoms with Crippen molar-refractivity contribution in [3.63, 3.8) is 0 Å². The first-order valence-corrected chi connectivity index (χ1v) is 7.15. The molecule has 1 aromatic heterocycles. The van der Waals surface area contributed by atoms with E-state index in [0.29, 0.717) is 11.5 Å². The molecule has 0 amide bonds. The fraction of sp³-hybridized carbons (Fsp3) is 0.571.